The van der Waals surface area contributed by atoms with Crippen molar-refractivity contribution >= 4 is 34.1 Å². The van der Waals surface area contributed by atoms with Crippen molar-refractivity contribution in [2.24, 2.45) is 5.16 Å². The average Bonchev–Trinajstić information content (AvgIpc) is 2.83. The number of hydrogen-bond donors (Lipinski definition) is 0. The second kappa shape index (κ2) is 12.7. The maximum absolute atomic E-state index is 14.7. The molecule has 3 atom stereocenters. The van der Waals surface area contributed by atoms with Crippen molar-refractivity contribution in [3.63, 3.8) is 0 Å². The molecule has 0 radical (unpaired) electrons. The van der Waals surface area contributed by atoms with Gasteiger partial charge in [0, 0.05) is 0 Å². The standard InChI is InChI=1S/C22H23BrFNO7/c1-28-16-8-4-14(5-9-16)21(26)31-13-18(23)20(19(24)12-25-30-3)32-22(27)15-6-10-17(29-2)11-7-15/h4-12,18-20H,13H2,1-3H3/b25-12+/t18-,19+,20+/m0/s1. The topological polar surface area (TPSA) is 92.7 Å². The summed E-state index contributed by atoms with van der Waals surface area (Å²) in [6.07, 6.45) is -2.33. The minimum atomic E-state index is -1.83. The molecule has 8 nitrogen and oxygen atoms in total. The maximum Gasteiger partial charge on any atom is 0.338 e. The summed E-state index contributed by atoms with van der Waals surface area (Å²) >= 11 is 3.25. The van der Waals surface area contributed by atoms with Gasteiger partial charge < -0.3 is 23.8 Å². The van der Waals surface area contributed by atoms with E-state index in [4.69, 9.17) is 18.9 Å². The highest BCUT2D eigenvalue weighted by Gasteiger charge is 2.33. The predicted octanol–water partition coefficient (Wildman–Crippen LogP) is 3.82. The lowest BCUT2D eigenvalue weighted by molar-refractivity contribution is 0.00846. The van der Waals surface area contributed by atoms with E-state index in [1.807, 2.05) is 0 Å². The highest BCUT2D eigenvalue weighted by Crippen LogP contribution is 2.20. The summed E-state index contributed by atoms with van der Waals surface area (Å²) in [7, 11) is 4.26. The molecule has 0 aliphatic heterocycles. The fraction of sp³-hybridized carbons (Fsp3) is 0.318. The van der Waals surface area contributed by atoms with E-state index in [0.29, 0.717) is 11.5 Å². The summed E-state index contributed by atoms with van der Waals surface area (Å²) in [4.78, 5) is 28.4. The summed E-state index contributed by atoms with van der Waals surface area (Å²) in [5.41, 5.74) is 0.483. The molecule has 0 N–H and O–H groups in total. The number of methoxy groups -OCH3 is 2. The summed E-state index contributed by atoms with van der Waals surface area (Å²) in [5, 5.41) is 3.39. The first-order chi connectivity index (χ1) is 15.4. The van der Waals surface area contributed by atoms with Crippen LogP contribution in [-0.2, 0) is 14.3 Å². The molecule has 0 bridgehead atoms. The number of ether oxygens (including phenoxy) is 4. The van der Waals surface area contributed by atoms with Crippen LogP contribution in [0.3, 0.4) is 0 Å². The smallest absolute Gasteiger partial charge is 0.338 e. The number of carbonyl (C=O) groups excluding carboxylic acids is 2. The zero-order valence-corrected chi connectivity index (χ0v) is 19.3. The molecule has 0 spiro atoms. The Labute approximate surface area is 193 Å². The van der Waals surface area contributed by atoms with Gasteiger partial charge >= 0.3 is 11.9 Å². The molecule has 0 amide bonds. The van der Waals surface area contributed by atoms with Crippen molar-refractivity contribution < 1.29 is 37.8 Å². The Bertz CT molecular complexity index is 906. The van der Waals surface area contributed by atoms with Gasteiger partial charge in [-0.25, -0.2) is 14.0 Å². The zero-order valence-electron chi connectivity index (χ0n) is 17.7. The maximum atomic E-state index is 14.7. The van der Waals surface area contributed by atoms with Gasteiger partial charge in [0.15, 0.2) is 12.3 Å². The summed E-state index contributed by atoms with van der Waals surface area (Å²) in [6.45, 7) is -0.271. The first-order valence-electron chi connectivity index (χ1n) is 9.40. The minimum absolute atomic E-state index is 0.196. The van der Waals surface area contributed by atoms with Crippen LogP contribution in [0.4, 0.5) is 4.39 Å². The number of rotatable bonds is 11. The van der Waals surface area contributed by atoms with Gasteiger partial charge in [0.05, 0.1) is 36.4 Å². The molecular formula is C22H23BrFNO7. The van der Waals surface area contributed by atoms with Crippen LogP contribution in [0.2, 0.25) is 0 Å². The van der Waals surface area contributed by atoms with Crippen LogP contribution >= 0.6 is 15.9 Å². The average molecular weight is 512 g/mol. The molecule has 172 valence electrons. The van der Waals surface area contributed by atoms with E-state index in [9.17, 15) is 14.0 Å². The Morgan fingerprint density at radius 2 is 1.44 bits per heavy atom. The highest BCUT2D eigenvalue weighted by atomic mass is 79.9. The number of carbonyl (C=O) groups is 2. The first-order valence-corrected chi connectivity index (χ1v) is 10.3. The number of esters is 2. The molecule has 0 aliphatic rings. The van der Waals surface area contributed by atoms with Crippen molar-refractivity contribution in [1.29, 1.82) is 0 Å². The monoisotopic (exact) mass is 511 g/mol. The summed E-state index contributed by atoms with van der Waals surface area (Å²) in [5.74, 6) is -0.254. The predicted molar refractivity (Wildman–Crippen MR) is 119 cm³/mol. The van der Waals surface area contributed by atoms with Crippen molar-refractivity contribution in [2.45, 2.75) is 17.1 Å². The third-order valence-corrected chi connectivity index (χ3v) is 5.03. The lowest BCUT2D eigenvalue weighted by Gasteiger charge is -2.24. The quantitative estimate of drug-likeness (QED) is 0.196. The van der Waals surface area contributed by atoms with Crippen LogP contribution in [0, 0.1) is 0 Å². The number of nitrogens with zero attached hydrogens (tertiary/aromatic N) is 1. The van der Waals surface area contributed by atoms with Gasteiger partial charge in [0.2, 0.25) is 0 Å². The van der Waals surface area contributed by atoms with E-state index >= 15 is 0 Å². The van der Waals surface area contributed by atoms with Gasteiger partial charge in [0.1, 0.15) is 25.2 Å². The fourth-order valence-corrected chi connectivity index (χ4v) is 3.05. The highest BCUT2D eigenvalue weighted by molar-refractivity contribution is 9.09. The number of benzene rings is 2. The SMILES string of the molecule is CO/N=C/[C@@H](F)[C@H](OC(=O)c1ccc(OC)cc1)[C@@H](Br)COC(=O)c1ccc(OC)cc1. The zero-order chi connectivity index (χ0) is 23.5. The van der Waals surface area contributed by atoms with Gasteiger partial charge in [0.25, 0.3) is 0 Å². The van der Waals surface area contributed by atoms with Crippen LogP contribution in [-0.4, -0.2) is 63.2 Å². The molecule has 0 aliphatic carbocycles. The van der Waals surface area contributed by atoms with E-state index in [-0.39, 0.29) is 17.7 Å². The first kappa shape index (κ1) is 25.1. The van der Waals surface area contributed by atoms with Gasteiger partial charge in [-0.05, 0) is 48.5 Å². The minimum Gasteiger partial charge on any atom is -0.497 e. The molecule has 2 aromatic rings. The van der Waals surface area contributed by atoms with E-state index in [1.54, 1.807) is 24.3 Å². The van der Waals surface area contributed by atoms with Crippen molar-refractivity contribution in [3.8, 4) is 11.5 Å². The Balaban J connectivity index is 2.07. The fourth-order valence-electron chi connectivity index (χ4n) is 2.52. The van der Waals surface area contributed by atoms with Gasteiger partial charge in [-0.3, -0.25) is 0 Å². The Morgan fingerprint density at radius 1 is 0.938 bits per heavy atom. The van der Waals surface area contributed by atoms with Crippen LogP contribution in [0.25, 0.3) is 0 Å². The number of oxime groups is 1. The molecular weight excluding hydrogens is 489 g/mol. The molecule has 0 saturated heterocycles. The lowest BCUT2D eigenvalue weighted by atomic mass is 10.1. The second-order valence-corrected chi connectivity index (χ2v) is 7.50. The van der Waals surface area contributed by atoms with Gasteiger partial charge in [-0.1, -0.05) is 21.1 Å². The number of hydrogen-bond acceptors (Lipinski definition) is 8. The molecule has 10 heteroatoms. The normalized spacial score (nSPS) is 13.7. The Hall–Kier alpha value is -3.14. The molecule has 0 unspecified atom stereocenters. The molecule has 2 rings (SSSR count). The summed E-state index contributed by atoms with van der Waals surface area (Å²) in [6, 6.07) is 12.4. The van der Waals surface area contributed by atoms with Gasteiger partial charge in [-0.2, -0.15) is 0 Å². The summed E-state index contributed by atoms with van der Waals surface area (Å²) < 4.78 is 35.4. The second-order valence-electron chi connectivity index (χ2n) is 6.32. The van der Waals surface area contributed by atoms with E-state index in [2.05, 4.69) is 25.9 Å². The van der Waals surface area contributed by atoms with Crippen molar-refractivity contribution in [2.75, 3.05) is 27.9 Å². The number of halogens is 2. The van der Waals surface area contributed by atoms with Crippen LogP contribution in [0.15, 0.2) is 53.7 Å². The third-order valence-electron chi connectivity index (χ3n) is 4.25. The molecule has 32 heavy (non-hydrogen) atoms. The van der Waals surface area contributed by atoms with Crippen LogP contribution in [0.5, 0.6) is 11.5 Å². The molecule has 0 aromatic heterocycles. The molecule has 0 saturated carbocycles. The number of alkyl halides is 2. The van der Waals surface area contributed by atoms with E-state index in [0.717, 1.165) is 6.21 Å². The van der Waals surface area contributed by atoms with Crippen molar-refractivity contribution in [3.05, 3.63) is 59.7 Å². The van der Waals surface area contributed by atoms with Crippen LogP contribution < -0.4 is 9.47 Å². The van der Waals surface area contributed by atoms with E-state index < -0.39 is 29.0 Å². The third kappa shape index (κ3) is 7.23. The van der Waals surface area contributed by atoms with Crippen molar-refractivity contribution in [1.82, 2.24) is 0 Å². The molecule has 2 aromatic carbocycles. The Morgan fingerprint density at radius 3 is 1.91 bits per heavy atom. The van der Waals surface area contributed by atoms with E-state index in [1.165, 1.54) is 45.6 Å². The van der Waals surface area contributed by atoms with Crippen LogP contribution in [0.1, 0.15) is 20.7 Å². The lowest BCUT2D eigenvalue weighted by Crippen LogP contribution is -2.39. The largest absolute Gasteiger partial charge is 0.497 e. The van der Waals surface area contributed by atoms with Gasteiger partial charge in [-0.15, -0.1) is 0 Å². The molecule has 0 heterocycles. The molecule has 0 fully saturated rings. The Kier molecular flexibility index (Phi) is 9.93.